The van der Waals surface area contributed by atoms with Crippen molar-refractivity contribution in [2.45, 2.75) is 6.92 Å². The van der Waals surface area contributed by atoms with E-state index in [1.54, 1.807) is 11.9 Å². The van der Waals surface area contributed by atoms with E-state index in [-0.39, 0.29) is 5.88 Å². The van der Waals surface area contributed by atoms with Gasteiger partial charge in [0.2, 0.25) is 0 Å². The van der Waals surface area contributed by atoms with E-state index in [9.17, 15) is 0 Å². The number of methoxy groups -OCH3 is 1. The number of hydrogen-bond acceptors (Lipinski definition) is 4. The zero-order valence-corrected chi connectivity index (χ0v) is 13.6. The summed E-state index contributed by atoms with van der Waals surface area (Å²) in [5.41, 5.74) is 9.65. The number of hydrogen-bond donors (Lipinski definition) is 1. The van der Waals surface area contributed by atoms with Crippen molar-refractivity contribution in [2.75, 3.05) is 13.0 Å². The average molecular weight is 330 g/mol. The van der Waals surface area contributed by atoms with Gasteiger partial charge in [0.15, 0.2) is 5.75 Å². The lowest BCUT2D eigenvalue weighted by Crippen LogP contribution is -2.12. The predicted molar refractivity (Wildman–Crippen MR) is 92.2 cm³/mol. The normalized spacial score (nSPS) is 11.9. The maximum atomic E-state index is 5.75. The summed E-state index contributed by atoms with van der Waals surface area (Å²) in [4.78, 5) is 5.87. The summed E-state index contributed by atoms with van der Waals surface area (Å²) in [6.45, 7) is 1.96. The summed E-state index contributed by atoms with van der Waals surface area (Å²) in [6, 6.07) is 11.5. The van der Waals surface area contributed by atoms with Crippen LogP contribution in [0.5, 0.6) is 5.75 Å². The van der Waals surface area contributed by atoms with Gasteiger partial charge >= 0.3 is 0 Å². The summed E-state index contributed by atoms with van der Waals surface area (Å²) in [7, 11) is 1.58. The molecule has 0 unspecified atom stereocenters. The molecular weight excluding hydrogens is 314 g/mol. The Morgan fingerprint density at radius 2 is 1.91 bits per heavy atom. The Kier molecular flexibility index (Phi) is 4.16. The molecule has 118 valence electrons. The van der Waals surface area contributed by atoms with E-state index in [2.05, 4.69) is 15.2 Å². The van der Waals surface area contributed by atoms with E-state index in [4.69, 9.17) is 22.1 Å². The van der Waals surface area contributed by atoms with Crippen LogP contribution < -0.4 is 10.5 Å². The maximum Gasteiger partial charge on any atom is 0.172 e. The molecule has 1 aromatic heterocycles. The summed E-state index contributed by atoms with van der Waals surface area (Å²) >= 11 is 5.72. The van der Waals surface area contributed by atoms with E-state index in [1.165, 1.54) is 0 Å². The van der Waals surface area contributed by atoms with Crippen molar-refractivity contribution in [3.63, 3.8) is 0 Å². The van der Waals surface area contributed by atoms with Gasteiger partial charge in [-0.2, -0.15) is 0 Å². The first-order valence-electron chi connectivity index (χ1n) is 7.02. The number of amidine groups is 1. The Balaban J connectivity index is 2.21. The minimum absolute atomic E-state index is 0.149. The maximum absolute atomic E-state index is 5.75. The second-order valence-electron chi connectivity index (χ2n) is 5.05. The monoisotopic (exact) mass is 329 g/mol. The first-order valence-corrected chi connectivity index (χ1v) is 7.56. The van der Waals surface area contributed by atoms with Gasteiger partial charge in [0.25, 0.3) is 0 Å². The highest BCUT2D eigenvalue weighted by molar-refractivity contribution is 6.28. The third-order valence-electron chi connectivity index (χ3n) is 3.30. The first-order chi connectivity index (χ1) is 11.1. The summed E-state index contributed by atoms with van der Waals surface area (Å²) in [5.74, 6) is 1.01. The zero-order valence-electron chi connectivity index (χ0n) is 12.8. The van der Waals surface area contributed by atoms with Crippen molar-refractivity contribution in [3.05, 3.63) is 42.0 Å². The van der Waals surface area contributed by atoms with Crippen LogP contribution in [0.3, 0.4) is 0 Å². The zero-order chi connectivity index (χ0) is 16.4. The molecule has 0 amide bonds. The van der Waals surface area contributed by atoms with Crippen molar-refractivity contribution < 1.29 is 4.74 Å². The van der Waals surface area contributed by atoms with Crippen LogP contribution in [0, 0.1) is 6.92 Å². The van der Waals surface area contributed by atoms with Gasteiger partial charge in [0, 0.05) is 0 Å². The van der Waals surface area contributed by atoms with Gasteiger partial charge in [-0.1, -0.05) is 12.1 Å². The number of halogens is 1. The fourth-order valence-electron chi connectivity index (χ4n) is 2.33. The molecule has 7 heteroatoms. The standard InChI is InChI=1S/C16H16ClN5O/c1-10-7-13(19-15(18)9-17)16(23-2)14(8-10)22-20-11-5-3-4-6-12(11)21-22/h3-8H,9H2,1-2H3,(H2,18,19). The number of benzene rings is 2. The van der Waals surface area contributed by atoms with Gasteiger partial charge in [0.05, 0.1) is 13.0 Å². The number of fused-ring (bicyclic) bond motifs is 1. The predicted octanol–water partition coefficient (Wildman–Crippen LogP) is 2.97. The molecule has 3 rings (SSSR count). The largest absolute Gasteiger partial charge is 0.492 e. The number of nitrogens with zero attached hydrogens (tertiary/aromatic N) is 4. The van der Waals surface area contributed by atoms with E-state index in [0.29, 0.717) is 23.0 Å². The molecule has 0 saturated carbocycles. The molecule has 1 heterocycles. The molecule has 0 aliphatic rings. The molecule has 2 aromatic carbocycles. The highest BCUT2D eigenvalue weighted by Crippen LogP contribution is 2.35. The molecule has 0 spiro atoms. The number of aliphatic imine (C=N–C) groups is 1. The summed E-state index contributed by atoms with van der Waals surface area (Å²) in [6.07, 6.45) is 0. The first kappa shape index (κ1) is 15.3. The minimum atomic E-state index is 0.149. The minimum Gasteiger partial charge on any atom is -0.492 e. The lowest BCUT2D eigenvalue weighted by molar-refractivity contribution is 0.411. The average Bonchev–Trinajstić information content (AvgIpc) is 2.98. The molecule has 0 bridgehead atoms. The SMILES string of the molecule is COc1c(N=C(N)CCl)cc(C)cc1-n1nc2ccccc2n1. The fourth-order valence-corrected chi connectivity index (χ4v) is 2.39. The molecule has 0 saturated heterocycles. The van der Waals surface area contributed by atoms with Crippen molar-refractivity contribution in [2.24, 2.45) is 10.7 Å². The highest BCUT2D eigenvalue weighted by atomic mass is 35.5. The van der Waals surface area contributed by atoms with E-state index >= 15 is 0 Å². The Morgan fingerprint density at radius 1 is 1.26 bits per heavy atom. The van der Waals surface area contributed by atoms with Crippen molar-refractivity contribution >= 4 is 34.2 Å². The topological polar surface area (TPSA) is 78.3 Å². The molecule has 0 aliphatic heterocycles. The van der Waals surface area contributed by atoms with Crippen LogP contribution in [-0.4, -0.2) is 33.8 Å². The van der Waals surface area contributed by atoms with Crippen LogP contribution in [0.1, 0.15) is 5.56 Å². The molecular formula is C16H16ClN5O. The van der Waals surface area contributed by atoms with Gasteiger partial charge < -0.3 is 10.5 Å². The molecule has 3 aromatic rings. The molecule has 23 heavy (non-hydrogen) atoms. The van der Waals surface area contributed by atoms with Crippen LogP contribution in [0.25, 0.3) is 16.7 Å². The Bertz CT molecular complexity index is 854. The Morgan fingerprint density at radius 3 is 2.48 bits per heavy atom. The summed E-state index contributed by atoms with van der Waals surface area (Å²) < 4.78 is 5.52. The second-order valence-corrected chi connectivity index (χ2v) is 5.32. The third kappa shape index (κ3) is 2.98. The second kappa shape index (κ2) is 6.26. The van der Waals surface area contributed by atoms with Crippen LogP contribution in [0.4, 0.5) is 5.69 Å². The van der Waals surface area contributed by atoms with Gasteiger partial charge in [0.1, 0.15) is 28.2 Å². The third-order valence-corrected chi connectivity index (χ3v) is 3.58. The van der Waals surface area contributed by atoms with Crippen LogP contribution in [0.2, 0.25) is 0 Å². The Hall–Kier alpha value is -2.60. The summed E-state index contributed by atoms with van der Waals surface area (Å²) in [5, 5.41) is 8.99. The quantitative estimate of drug-likeness (QED) is 0.453. The van der Waals surface area contributed by atoms with Gasteiger partial charge in [-0.25, -0.2) is 4.99 Å². The molecule has 0 radical (unpaired) electrons. The lowest BCUT2D eigenvalue weighted by atomic mass is 10.1. The molecule has 6 nitrogen and oxygen atoms in total. The molecule has 0 atom stereocenters. The van der Waals surface area contributed by atoms with Crippen molar-refractivity contribution in [1.29, 1.82) is 0 Å². The van der Waals surface area contributed by atoms with Crippen molar-refractivity contribution in [3.8, 4) is 11.4 Å². The molecule has 2 N–H and O–H groups in total. The molecule has 0 aliphatic carbocycles. The molecule has 0 fully saturated rings. The van der Waals surface area contributed by atoms with Gasteiger partial charge in [-0.15, -0.1) is 26.6 Å². The van der Waals surface area contributed by atoms with Gasteiger partial charge in [-0.3, -0.25) is 0 Å². The van der Waals surface area contributed by atoms with E-state index < -0.39 is 0 Å². The van der Waals surface area contributed by atoms with Crippen molar-refractivity contribution in [1.82, 2.24) is 15.0 Å². The van der Waals surface area contributed by atoms with E-state index in [0.717, 1.165) is 16.6 Å². The van der Waals surface area contributed by atoms with Crippen LogP contribution >= 0.6 is 11.6 Å². The smallest absolute Gasteiger partial charge is 0.172 e. The number of nitrogens with two attached hydrogens (primary N) is 1. The number of rotatable bonds is 4. The van der Waals surface area contributed by atoms with Crippen LogP contribution in [0.15, 0.2) is 41.4 Å². The van der Waals surface area contributed by atoms with Crippen LogP contribution in [-0.2, 0) is 0 Å². The Labute approximate surface area is 138 Å². The number of ether oxygens (including phenoxy) is 1. The lowest BCUT2D eigenvalue weighted by Gasteiger charge is -2.12. The van der Waals surface area contributed by atoms with E-state index in [1.807, 2.05) is 43.3 Å². The highest BCUT2D eigenvalue weighted by Gasteiger charge is 2.15. The number of alkyl halides is 1. The van der Waals surface area contributed by atoms with Gasteiger partial charge in [-0.05, 0) is 36.8 Å². The fraction of sp³-hybridized carbons (Fsp3) is 0.188. The number of aryl methyl sites for hydroxylation is 1. The number of aromatic nitrogens is 3.